The van der Waals surface area contributed by atoms with Crippen LogP contribution < -0.4 is 0 Å². The fraction of sp³-hybridized carbons (Fsp3) is 0.545. The maximum atomic E-state index is 12.8. The van der Waals surface area contributed by atoms with Gasteiger partial charge in [0.25, 0.3) is 0 Å². The van der Waals surface area contributed by atoms with E-state index < -0.39 is 5.95 Å². The van der Waals surface area contributed by atoms with E-state index in [2.05, 4.69) is 14.7 Å². The molecule has 0 aliphatic heterocycles. The van der Waals surface area contributed by atoms with E-state index in [4.69, 9.17) is 0 Å². The molecule has 0 amide bonds. The molecule has 17 heavy (non-hydrogen) atoms. The Morgan fingerprint density at radius 2 is 2.35 bits per heavy atom. The monoisotopic (exact) mass is 256 g/mol. The summed E-state index contributed by atoms with van der Waals surface area (Å²) in [5.41, 5.74) is 0.0270. The Morgan fingerprint density at radius 1 is 1.59 bits per heavy atom. The number of carbonyl (C=O) groups is 1. The minimum atomic E-state index is -0.527. The van der Waals surface area contributed by atoms with Gasteiger partial charge in [0.2, 0.25) is 5.95 Å². The number of nitrogens with zero attached hydrogens (tertiary/aromatic N) is 2. The molecule has 1 aliphatic carbocycles. The first kappa shape index (κ1) is 12.3. The predicted octanol–water partition coefficient (Wildman–Crippen LogP) is 2.05. The van der Waals surface area contributed by atoms with Crippen LogP contribution in [0, 0.1) is 11.4 Å². The molecule has 1 heterocycles. The number of carbonyl (C=O) groups excluding carboxylic acids is 1. The van der Waals surface area contributed by atoms with E-state index in [0.29, 0.717) is 11.4 Å². The predicted molar refractivity (Wildman–Crippen MR) is 61.0 cm³/mol. The van der Waals surface area contributed by atoms with E-state index in [9.17, 15) is 9.18 Å². The van der Waals surface area contributed by atoms with Crippen LogP contribution in [0.1, 0.15) is 19.3 Å². The van der Waals surface area contributed by atoms with Gasteiger partial charge in [0.1, 0.15) is 11.4 Å². The standard InChI is InChI=1S/C11H13FN2O2S/c1-16-10(15)5-11(2-3-11)6-17-9-4-8(12)13-7-14-9/h4,7H,2-3,5-6H2,1H3. The van der Waals surface area contributed by atoms with Crippen molar-refractivity contribution < 1.29 is 13.9 Å². The summed E-state index contributed by atoms with van der Waals surface area (Å²) >= 11 is 1.46. The van der Waals surface area contributed by atoms with E-state index in [0.717, 1.165) is 18.6 Å². The number of hydrogen-bond acceptors (Lipinski definition) is 5. The van der Waals surface area contributed by atoms with Crippen LogP contribution in [0.5, 0.6) is 0 Å². The molecular formula is C11H13FN2O2S. The maximum Gasteiger partial charge on any atom is 0.306 e. The Morgan fingerprint density at radius 3 is 2.94 bits per heavy atom. The maximum absolute atomic E-state index is 12.8. The molecule has 1 aliphatic rings. The van der Waals surface area contributed by atoms with Crippen molar-refractivity contribution in [3.63, 3.8) is 0 Å². The molecule has 1 saturated carbocycles. The van der Waals surface area contributed by atoms with Gasteiger partial charge in [-0.2, -0.15) is 4.39 Å². The van der Waals surface area contributed by atoms with E-state index in [-0.39, 0.29) is 11.4 Å². The van der Waals surface area contributed by atoms with Crippen LogP contribution in [0.2, 0.25) is 0 Å². The highest BCUT2D eigenvalue weighted by Crippen LogP contribution is 2.51. The lowest BCUT2D eigenvalue weighted by Crippen LogP contribution is -2.13. The Kier molecular flexibility index (Phi) is 3.61. The van der Waals surface area contributed by atoms with Gasteiger partial charge in [-0.3, -0.25) is 4.79 Å². The average molecular weight is 256 g/mol. The van der Waals surface area contributed by atoms with E-state index in [1.807, 2.05) is 0 Å². The number of halogens is 1. The van der Waals surface area contributed by atoms with Crippen LogP contribution in [-0.4, -0.2) is 28.8 Å². The Balaban J connectivity index is 1.88. The molecule has 2 rings (SSSR count). The Hall–Kier alpha value is -1.17. The van der Waals surface area contributed by atoms with Crippen molar-refractivity contribution >= 4 is 17.7 Å². The second kappa shape index (κ2) is 5.00. The first-order valence-corrected chi connectivity index (χ1v) is 6.29. The molecule has 1 aromatic rings. The second-order valence-electron chi connectivity index (χ2n) is 4.22. The summed E-state index contributed by atoms with van der Waals surface area (Å²) in [5.74, 6) is 0.0516. The van der Waals surface area contributed by atoms with Crippen LogP contribution in [0.4, 0.5) is 4.39 Å². The number of methoxy groups -OCH3 is 1. The van der Waals surface area contributed by atoms with Gasteiger partial charge in [-0.1, -0.05) is 0 Å². The second-order valence-corrected chi connectivity index (χ2v) is 5.22. The first-order valence-electron chi connectivity index (χ1n) is 5.31. The molecule has 0 aromatic carbocycles. The molecule has 0 spiro atoms. The van der Waals surface area contributed by atoms with Crippen molar-refractivity contribution in [1.29, 1.82) is 0 Å². The van der Waals surface area contributed by atoms with Gasteiger partial charge in [0.05, 0.1) is 13.5 Å². The van der Waals surface area contributed by atoms with Crippen LogP contribution in [-0.2, 0) is 9.53 Å². The molecule has 4 nitrogen and oxygen atoms in total. The van der Waals surface area contributed by atoms with Gasteiger partial charge < -0.3 is 4.74 Å². The van der Waals surface area contributed by atoms with Crippen molar-refractivity contribution in [3.8, 4) is 0 Å². The van der Waals surface area contributed by atoms with Gasteiger partial charge in [-0.15, -0.1) is 11.8 Å². The molecule has 92 valence electrons. The minimum absolute atomic E-state index is 0.0270. The highest BCUT2D eigenvalue weighted by atomic mass is 32.2. The lowest BCUT2D eigenvalue weighted by molar-refractivity contribution is -0.141. The molecule has 0 atom stereocenters. The van der Waals surface area contributed by atoms with Crippen molar-refractivity contribution in [3.05, 3.63) is 18.3 Å². The molecule has 1 aromatic heterocycles. The molecule has 0 saturated heterocycles. The summed E-state index contributed by atoms with van der Waals surface area (Å²) in [4.78, 5) is 18.6. The lowest BCUT2D eigenvalue weighted by Gasteiger charge is -2.12. The largest absolute Gasteiger partial charge is 0.469 e. The number of rotatable bonds is 5. The van der Waals surface area contributed by atoms with E-state index in [1.54, 1.807) is 0 Å². The molecule has 0 bridgehead atoms. The van der Waals surface area contributed by atoms with Crippen molar-refractivity contribution in [2.24, 2.45) is 5.41 Å². The van der Waals surface area contributed by atoms with Gasteiger partial charge in [0.15, 0.2) is 0 Å². The van der Waals surface area contributed by atoms with Crippen LogP contribution in [0.3, 0.4) is 0 Å². The number of aromatic nitrogens is 2. The molecule has 0 unspecified atom stereocenters. The topological polar surface area (TPSA) is 52.1 Å². The number of hydrogen-bond donors (Lipinski definition) is 0. The molecule has 0 radical (unpaired) electrons. The van der Waals surface area contributed by atoms with E-state index >= 15 is 0 Å². The third kappa shape index (κ3) is 3.39. The van der Waals surface area contributed by atoms with Gasteiger partial charge in [-0.05, 0) is 18.3 Å². The van der Waals surface area contributed by atoms with E-state index in [1.165, 1.54) is 31.3 Å². The highest BCUT2D eigenvalue weighted by molar-refractivity contribution is 7.99. The summed E-state index contributed by atoms with van der Waals surface area (Å²) < 4.78 is 17.5. The molecule has 1 fully saturated rings. The summed E-state index contributed by atoms with van der Waals surface area (Å²) in [6.45, 7) is 0. The fourth-order valence-corrected chi connectivity index (χ4v) is 2.70. The average Bonchev–Trinajstić information content (AvgIpc) is 3.07. The van der Waals surface area contributed by atoms with Crippen molar-refractivity contribution in [2.75, 3.05) is 12.9 Å². The summed E-state index contributed by atoms with van der Waals surface area (Å²) in [7, 11) is 1.39. The van der Waals surface area contributed by atoms with Gasteiger partial charge in [-0.25, -0.2) is 9.97 Å². The Bertz CT molecular complexity index is 424. The first-order chi connectivity index (χ1) is 8.13. The van der Waals surface area contributed by atoms with Gasteiger partial charge in [0, 0.05) is 11.8 Å². The zero-order valence-electron chi connectivity index (χ0n) is 9.48. The molecule has 6 heteroatoms. The number of esters is 1. The number of thioether (sulfide) groups is 1. The minimum Gasteiger partial charge on any atom is -0.469 e. The van der Waals surface area contributed by atoms with Crippen molar-refractivity contribution in [2.45, 2.75) is 24.3 Å². The normalized spacial score (nSPS) is 16.6. The molecule has 0 N–H and O–H groups in total. The zero-order valence-corrected chi connectivity index (χ0v) is 10.3. The molecular weight excluding hydrogens is 243 g/mol. The third-order valence-electron chi connectivity index (χ3n) is 2.84. The Labute approximate surface area is 103 Å². The highest BCUT2D eigenvalue weighted by Gasteiger charge is 2.44. The summed E-state index contributed by atoms with van der Waals surface area (Å²) in [6, 6.07) is 1.30. The van der Waals surface area contributed by atoms with Crippen LogP contribution in [0.25, 0.3) is 0 Å². The zero-order chi connectivity index (χ0) is 12.3. The quantitative estimate of drug-likeness (QED) is 0.458. The van der Waals surface area contributed by atoms with Gasteiger partial charge >= 0.3 is 5.97 Å². The smallest absolute Gasteiger partial charge is 0.306 e. The lowest BCUT2D eigenvalue weighted by atomic mass is 10.1. The SMILES string of the molecule is COC(=O)CC1(CSc2cc(F)ncn2)CC1. The summed E-state index contributed by atoms with van der Waals surface area (Å²) in [6.07, 6.45) is 3.67. The fourth-order valence-electron chi connectivity index (χ4n) is 1.55. The number of ether oxygens (including phenoxy) is 1. The van der Waals surface area contributed by atoms with Crippen LogP contribution >= 0.6 is 11.8 Å². The summed E-state index contributed by atoms with van der Waals surface area (Å²) in [5, 5.41) is 0.605. The van der Waals surface area contributed by atoms with Crippen molar-refractivity contribution in [1.82, 2.24) is 9.97 Å². The third-order valence-corrected chi connectivity index (χ3v) is 4.11. The van der Waals surface area contributed by atoms with Crippen LogP contribution in [0.15, 0.2) is 17.4 Å².